The Balaban J connectivity index is 0.884. The number of amides is 8. The van der Waals surface area contributed by atoms with E-state index < -0.39 is 47.4 Å². The van der Waals surface area contributed by atoms with Gasteiger partial charge in [-0.05, 0) is 25.0 Å². The Morgan fingerprint density at radius 1 is 0.700 bits per heavy atom. The van der Waals surface area contributed by atoms with Crippen LogP contribution in [0.25, 0.3) is 0 Å². The van der Waals surface area contributed by atoms with Crippen LogP contribution in [0.5, 0.6) is 0 Å². The van der Waals surface area contributed by atoms with Crippen molar-refractivity contribution in [3.8, 4) is 0 Å². The van der Waals surface area contributed by atoms with Gasteiger partial charge in [0.2, 0.25) is 41.1 Å². The number of nitrogens with zero attached hydrogens (tertiary/aromatic N) is 8. The number of carbonyl (C=O) groups excluding carboxylic acids is 8. The standard InChI is InChI=1S/C43H57N19O8/c1-5-7-33(63)54-30-20-61(3)35(55-30)42(69)59-32-22-62(4)36(57-32)43(70)58-31-21-60(2)34(56-31)41(68)50-15-13-48-38(65)27-17-26(27)37(64)47-12-14-49-39(66)29(16-25-19-46-23-51-25)53-40(67)28-9-6-8-24(52-28)18-45-11-10-44/h6,8-9,19-23,26-27,29,45H,5,7,10-18,44H2,1-4H3,(H,46,51)(H,47,64)(H,48,65)(H,49,66)(H,50,68)(H,53,67)(H,54,63)(H,58,70)(H,59,69)/t26-,27-,29+/m1/s1. The molecule has 0 radical (unpaired) electrons. The number of hydrogen-bond acceptors (Lipinski definition) is 15. The van der Waals surface area contributed by atoms with Crippen LogP contribution in [0.15, 0.2) is 49.3 Å². The van der Waals surface area contributed by atoms with Crippen LogP contribution in [0.2, 0.25) is 0 Å². The molecule has 0 saturated heterocycles. The van der Waals surface area contributed by atoms with Crippen molar-refractivity contribution in [2.45, 2.75) is 45.2 Å². The highest BCUT2D eigenvalue weighted by atomic mass is 16.2. The number of carbonyl (C=O) groups is 8. The molecule has 1 aliphatic carbocycles. The molecule has 1 saturated carbocycles. The largest absolute Gasteiger partial charge is 0.354 e. The molecule has 27 nitrogen and oxygen atoms in total. The Labute approximate surface area is 400 Å². The quantitative estimate of drug-likeness (QED) is 0.0283. The Bertz CT molecular complexity index is 2690. The predicted octanol–water partition coefficient (Wildman–Crippen LogP) is -1.95. The van der Waals surface area contributed by atoms with Crippen LogP contribution in [-0.4, -0.2) is 136 Å². The van der Waals surface area contributed by atoms with Crippen molar-refractivity contribution < 1.29 is 38.4 Å². The average molecular weight is 968 g/mol. The van der Waals surface area contributed by atoms with Gasteiger partial charge in [-0.15, -0.1) is 0 Å². The van der Waals surface area contributed by atoms with Gasteiger partial charge in [0.05, 0.1) is 23.9 Å². The van der Waals surface area contributed by atoms with E-state index in [1.165, 1.54) is 38.6 Å². The summed E-state index contributed by atoms with van der Waals surface area (Å²) in [4.78, 5) is 127. The summed E-state index contributed by atoms with van der Waals surface area (Å²) < 4.78 is 4.23. The third kappa shape index (κ3) is 14.1. The minimum Gasteiger partial charge on any atom is -0.354 e. The van der Waals surface area contributed by atoms with Crippen LogP contribution in [0.1, 0.15) is 79.9 Å². The first-order valence-corrected chi connectivity index (χ1v) is 22.4. The lowest BCUT2D eigenvalue weighted by atomic mass is 10.1. The fourth-order valence-corrected chi connectivity index (χ4v) is 7.04. The van der Waals surface area contributed by atoms with Crippen LogP contribution in [0, 0.1) is 11.8 Å². The molecule has 1 fully saturated rings. The van der Waals surface area contributed by atoms with Gasteiger partial charge in [-0.3, -0.25) is 38.4 Å². The third-order valence-corrected chi connectivity index (χ3v) is 10.6. The second kappa shape index (κ2) is 24.1. The lowest BCUT2D eigenvalue weighted by molar-refractivity contribution is -0.127. The molecule has 5 aromatic heterocycles. The minimum absolute atomic E-state index is 0.00300. The first-order valence-electron chi connectivity index (χ1n) is 22.4. The van der Waals surface area contributed by atoms with Gasteiger partial charge in [-0.1, -0.05) is 13.0 Å². The highest BCUT2D eigenvalue weighted by Crippen LogP contribution is 2.38. The molecule has 5 aromatic rings. The normalized spacial score (nSPS) is 14.2. The first-order chi connectivity index (χ1) is 33.6. The monoisotopic (exact) mass is 967 g/mol. The van der Waals surface area contributed by atoms with Gasteiger partial charge in [0.25, 0.3) is 23.6 Å². The number of H-pyrrole nitrogens is 1. The molecule has 0 aromatic carbocycles. The fourth-order valence-electron chi connectivity index (χ4n) is 7.04. The van der Waals surface area contributed by atoms with Crippen molar-refractivity contribution in [3.05, 3.63) is 83.9 Å². The smallest absolute Gasteiger partial charge is 0.292 e. The average Bonchev–Trinajstić information content (AvgIpc) is 3.59. The lowest BCUT2D eigenvalue weighted by Gasteiger charge is -2.18. The van der Waals surface area contributed by atoms with Crippen LogP contribution >= 0.6 is 0 Å². The van der Waals surface area contributed by atoms with E-state index in [1.54, 1.807) is 45.5 Å². The molecule has 8 amide bonds. The summed E-state index contributed by atoms with van der Waals surface area (Å²) in [6.45, 7) is 3.55. The molecule has 3 atom stereocenters. The number of nitrogens with two attached hydrogens (primary N) is 1. The van der Waals surface area contributed by atoms with E-state index in [0.29, 0.717) is 50.3 Å². The lowest BCUT2D eigenvalue weighted by Crippen LogP contribution is -2.49. The Kier molecular flexibility index (Phi) is 17.6. The maximum Gasteiger partial charge on any atom is 0.292 e. The van der Waals surface area contributed by atoms with Gasteiger partial charge in [0, 0.05) is 110 Å². The third-order valence-electron chi connectivity index (χ3n) is 10.6. The highest BCUT2D eigenvalue weighted by Gasteiger charge is 2.47. The minimum atomic E-state index is -0.986. The van der Waals surface area contributed by atoms with Crippen molar-refractivity contribution in [1.82, 2.24) is 75.5 Å². The molecule has 0 aliphatic heterocycles. The molecule has 0 spiro atoms. The summed E-state index contributed by atoms with van der Waals surface area (Å²) in [5.41, 5.74) is 6.91. The van der Waals surface area contributed by atoms with E-state index in [9.17, 15) is 38.4 Å². The summed E-state index contributed by atoms with van der Waals surface area (Å²) in [6.07, 6.45) is 8.77. The number of aromatic amines is 1. The molecule has 0 bridgehead atoms. The number of aryl methyl sites for hydroxylation is 3. The number of nitrogens with one attached hydrogen (secondary N) is 10. The Morgan fingerprint density at radius 2 is 1.26 bits per heavy atom. The topological polar surface area (TPSA) is 366 Å². The summed E-state index contributed by atoms with van der Waals surface area (Å²) >= 11 is 0. The van der Waals surface area contributed by atoms with Crippen LogP contribution in [-0.2, 0) is 53.3 Å². The van der Waals surface area contributed by atoms with Gasteiger partial charge in [-0.2, -0.15) is 0 Å². The SMILES string of the molecule is CCCC(=O)Nc1cn(C)c(C(=O)Nc2cn(C)c(C(=O)Nc3cn(C)c(C(=O)NCCNC(=O)[C@@H]4C[C@H]4C(=O)NCCNC(=O)[C@H](Cc4cnc[nH]4)NC(=O)c4cccc(CNCCN)n4)n3)n2)n1. The van der Waals surface area contributed by atoms with Crippen LogP contribution in [0.3, 0.4) is 0 Å². The first kappa shape index (κ1) is 51.1. The predicted molar refractivity (Wildman–Crippen MR) is 251 cm³/mol. The molecular weight excluding hydrogens is 911 g/mol. The van der Waals surface area contributed by atoms with Crippen molar-refractivity contribution in [1.29, 1.82) is 0 Å². The van der Waals surface area contributed by atoms with E-state index >= 15 is 0 Å². The van der Waals surface area contributed by atoms with E-state index in [0.717, 1.165) is 0 Å². The van der Waals surface area contributed by atoms with Crippen LogP contribution < -0.4 is 53.6 Å². The van der Waals surface area contributed by atoms with Gasteiger partial charge >= 0.3 is 0 Å². The zero-order valence-corrected chi connectivity index (χ0v) is 39.1. The maximum atomic E-state index is 13.2. The highest BCUT2D eigenvalue weighted by molar-refractivity contribution is 6.04. The molecule has 5 heterocycles. The van der Waals surface area contributed by atoms with Gasteiger partial charge in [0.15, 0.2) is 17.5 Å². The summed E-state index contributed by atoms with van der Waals surface area (Å²) in [6, 6.07) is 4.03. The Hall–Kier alpha value is -8.33. The van der Waals surface area contributed by atoms with Crippen molar-refractivity contribution in [2.75, 3.05) is 55.2 Å². The van der Waals surface area contributed by atoms with Gasteiger partial charge in [-0.25, -0.2) is 24.9 Å². The molecule has 6 rings (SSSR count). The molecule has 70 heavy (non-hydrogen) atoms. The second-order valence-electron chi connectivity index (χ2n) is 16.3. The van der Waals surface area contributed by atoms with Crippen molar-refractivity contribution in [3.63, 3.8) is 0 Å². The van der Waals surface area contributed by atoms with Crippen molar-refractivity contribution >= 4 is 64.7 Å². The summed E-state index contributed by atoms with van der Waals surface area (Å²) in [5.74, 6) is -4.75. The van der Waals surface area contributed by atoms with Gasteiger partial charge in [0.1, 0.15) is 11.7 Å². The molecule has 27 heteroatoms. The summed E-state index contributed by atoms with van der Waals surface area (Å²) in [7, 11) is 4.70. The van der Waals surface area contributed by atoms with Crippen LogP contribution in [0.4, 0.5) is 17.5 Å². The zero-order valence-electron chi connectivity index (χ0n) is 39.1. The second-order valence-corrected chi connectivity index (χ2v) is 16.3. The van der Waals surface area contributed by atoms with E-state index in [2.05, 4.69) is 77.8 Å². The summed E-state index contributed by atoms with van der Waals surface area (Å²) in [5, 5.41) is 24.5. The number of imidazole rings is 4. The van der Waals surface area contributed by atoms with E-state index in [4.69, 9.17) is 5.73 Å². The molecule has 0 unspecified atom stereocenters. The van der Waals surface area contributed by atoms with Gasteiger partial charge < -0.3 is 72.3 Å². The van der Waals surface area contributed by atoms with Crippen molar-refractivity contribution in [2.24, 2.45) is 38.7 Å². The fraction of sp³-hybridized carbons (Fsp3) is 0.419. The number of pyridine rings is 1. The molecule has 372 valence electrons. The Morgan fingerprint density at radius 3 is 1.81 bits per heavy atom. The number of rotatable bonds is 25. The van der Waals surface area contributed by atoms with E-state index in [-0.39, 0.29) is 90.9 Å². The zero-order chi connectivity index (χ0) is 50.3. The molecular formula is C43H57N19O8. The number of anilines is 3. The number of hydrogen-bond donors (Lipinski definition) is 11. The maximum absolute atomic E-state index is 13.2. The number of aromatic nitrogens is 9. The van der Waals surface area contributed by atoms with E-state index in [1.807, 2.05) is 6.92 Å². The molecule has 1 aliphatic rings. The molecule has 12 N–H and O–H groups in total.